The summed E-state index contributed by atoms with van der Waals surface area (Å²) in [7, 11) is 0. The topological polar surface area (TPSA) is 78.5 Å². The zero-order valence-corrected chi connectivity index (χ0v) is 15.6. The van der Waals surface area contributed by atoms with E-state index in [1.807, 2.05) is 30.3 Å². The highest BCUT2D eigenvalue weighted by Gasteiger charge is 2.48. The predicted octanol–water partition coefficient (Wildman–Crippen LogP) is 2.73. The summed E-state index contributed by atoms with van der Waals surface area (Å²) >= 11 is 0. The van der Waals surface area contributed by atoms with E-state index in [4.69, 9.17) is 0 Å². The molecule has 1 aliphatic heterocycles. The SMILES string of the molecule is CC1(CCc2ccccc2)NC(=O)N(NC(=O)CCc2cccc(F)c2)C1=O. The second-order valence-corrected chi connectivity index (χ2v) is 7.05. The van der Waals surface area contributed by atoms with Crippen LogP contribution in [0, 0.1) is 5.82 Å². The lowest BCUT2D eigenvalue weighted by Gasteiger charge is -2.21. The second-order valence-electron chi connectivity index (χ2n) is 7.05. The third-order valence-electron chi connectivity index (χ3n) is 4.78. The molecule has 1 saturated heterocycles. The maximum Gasteiger partial charge on any atom is 0.344 e. The average Bonchev–Trinajstić information content (AvgIpc) is 2.89. The van der Waals surface area contributed by atoms with Crippen molar-refractivity contribution in [2.24, 2.45) is 0 Å². The van der Waals surface area contributed by atoms with Gasteiger partial charge in [0, 0.05) is 6.42 Å². The van der Waals surface area contributed by atoms with Gasteiger partial charge >= 0.3 is 6.03 Å². The molecule has 28 heavy (non-hydrogen) atoms. The summed E-state index contributed by atoms with van der Waals surface area (Å²) in [6.45, 7) is 1.65. The van der Waals surface area contributed by atoms with Gasteiger partial charge in [-0.2, -0.15) is 5.01 Å². The van der Waals surface area contributed by atoms with Crippen molar-refractivity contribution in [2.75, 3.05) is 0 Å². The Bertz CT molecular complexity index is 887. The van der Waals surface area contributed by atoms with E-state index in [1.54, 1.807) is 19.1 Å². The number of benzene rings is 2. The fourth-order valence-corrected chi connectivity index (χ4v) is 3.13. The second kappa shape index (κ2) is 8.21. The van der Waals surface area contributed by atoms with Gasteiger partial charge in [0.05, 0.1) is 0 Å². The summed E-state index contributed by atoms with van der Waals surface area (Å²) in [6.07, 6.45) is 1.36. The number of carbonyl (C=O) groups excluding carboxylic acids is 3. The van der Waals surface area contributed by atoms with Crippen LogP contribution in [0.4, 0.5) is 9.18 Å². The van der Waals surface area contributed by atoms with Gasteiger partial charge in [0.25, 0.3) is 5.91 Å². The van der Waals surface area contributed by atoms with Crippen LogP contribution >= 0.6 is 0 Å². The van der Waals surface area contributed by atoms with Crippen LogP contribution in [-0.2, 0) is 22.4 Å². The minimum atomic E-state index is -1.08. The van der Waals surface area contributed by atoms with Gasteiger partial charge in [-0.25, -0.2) is 9.18 Å². The van der Waals surface area contributed by atoms with E-state index in [9.17, 15) is 18.8 Å². The van der Waals surface area contributed by atoms with Crippen LogP contribution in [-0.4, -0.2) is 28.4 Å². The number of nitrogens with zero attached hydrogens (tertiary/aromatic N) is 1. The quantitative estimate of drug-likeness (QED) is 0.722. The minimum absolute atomic E-state index is 0.0290. The molecule has 1 heterocycles. The van der Waals surface area contributed by atoms with Gasteiger partial charge in [-0.3, -0.25) is 15.0 Å². The molecular weight excluding hydrogens is 361 g/mol. The molecule has 2 N–H and O–H groups in total. The maximum atomic E-state index is 13.2. The largest absolute Gasteiger partial charge is 0.344 e. The number of rotatable bonds is 7. The van der Waals surface area contributed by atoms with Crippen molar-refractivity contribution < 1.29 is 18.8 Å². The van der Waals surface area contributed by atoms with Crippen LogP contribution < -0.4 is 10.7 Å². The highest BCUT2D eigenvalue weighted by Crippen LogP contribution is 2.22. The molecule has 1 atom stereocenters. The number of nitrogens with one attached hydrogen (secondary N) is 2. The molecule has 0 bridgehead atoms. The van der Waals surface area contributed by atoms with Crippen molar-refractivity contribution >= 4 is 17.8 Å². The number of aryl methyl sites for hydroxylation is 2. The number of hydrogen-bond acceptors (Lipinski definition) is 3. The van der Waals surface area contributed by atoms with E-state index in [2.05, 4.69) is 10.7 Å². The summed E-state index contributed by atoms with van der Waals surface area (Å²) in [4.78, 5) is 37.0. The maximum absolute atomic E-state index is 13.2. The molecule has 1 fully saturated rings. The van der Waals surface area contributed by atoms with Crippen molar-refractivity contribution in [3.63, 3.8) is 0 Å². The average molecular weight is 383 g/mol. The summed E-state index contributed by atoms with van der Waals surface area (Å²) < 4.78 is 13.2. The van der Waals surface area contributed by atoms with E-state index in [-0.39, 0.29) is 12.2 Å². The van der Waals surface area contributed by atoms with E-state index in [1.165, 1.54) is 12.1 Å². The van der Waals surface area contributed by atoms with Gasteiger partial charge < -0.3 is 5.32 Å². The van der Waals surface area contributed by atoms with Crippen molar-refractivity contribution in [2.45, 2.75) is 38.1 Å². The summed E-state index contributed by atoms with van der Waals surface area (Å²) in [6, 6.07) is 15.0. The fraction of sp³-hybridized carbons (Fsp3) is 0.286. The number of halogens is 1. The third-order valence-corrected chi connectivity index (χ3v) is 4.78. The molecule has 1 unspecified atom stereocenters. The Kier molecular flexibility index (Phi) is 5.73. The molecular formula is C21H22FN3O3. The standard InChI is InChI=1S/C21H22FN3O3/c1-21(13-12-15-6-3-2-4-7-15)19(27)25(20(28)23-21)24-18(26)11-10-16-8-5-9-17(22)14-16/h2-9,14H,10-13H2,1H3,(H,23,28)(H,24,26). The molecule has 146 valence electrons. The molecule has 7 heteroatoms. The Morgan fingerprint density at radius 1 is 1.07 bits per heavy atom. The molecule has 1 aliphatic rings. The first-order valence-corrected chi connectivity index (χ1v) is 9.12. The van der Waals surface area contributed by atoms with Crippen LogP contribution in [0.2, 0.25) is 0 Å². The smallest absolute Gasteiger partial charge is 0.322 e. The number of hydrogen-bond donors (Lipinski definition) is 2. The van der Waals surface area contributed by atoms with Gasteiger partial charge in [0.15, 0.2) is 0 Å². The first kappa shape index (κ1) is 19.5. The van der Waals surface area contributed by atoms with E-state index in [0.29, 0.717) is 24.8 Å². The van der Waals surface area contributed by atoms with Gasteiger partial charge in [0.2, 0.25) is 5.91 Å². The van der Waals surface area contributed by atoms with Gasteiger partial charge in [-0.1, -0.05) is 42.5 Å². The number of hydrazine groups is 1. The fourth-order valence-electron chi connectivity index (χ4n) is 3.13. The molecule has 0 aliphatic carbocycles. The molecule has 6 nitrogen and oxygen atoms in total. The Hall–Kier alpha value is -3.22. The minimum Gasteiger partial charge on any atom is -0.322 e. The van der Waals surface area contributed by atoms with Gasteiger partial charge in [0.1, 0.15) is 11.4 Å². The van der Waals surface area contributed by atoms with E-state index < -0.39 is 23.4 Å². The zero-order chi connectivity index (χ0) is 20.1. The molecule has 4 amide bonds. The number of imide groups is 1. The Morgan fingerprint density at radius 3 is 2.50 bits per heavy atom. The van der Waals surface area contributed by atoms with Crippen molar-refractivity contribution in [3.8, 4) is 0 Å². The zero-order valence-electron chi connectivity index (χ0n) is 15.6. The Balaban J connectivity index is 1.56. The van der Waals surface area contributed by atoms with Crippen molar-refractivity contribution in [3.05, 3.63) is 71.5 Å². The molecule has 0 radical (unpaired) electrons. The van der Waals surface area contributed by atoms with E-state index >= 15 is 0 Å². The van der Waals surface area contributed by atoms with Crippen LogP contribution in [0.15, 0.2) is 54.6 Å². The van der Waals surface area contributed by atoms with Crippen LogP contribution in [0.1, 0.15) is 30.9 Å². The van der Waals surface area contributed by atoms with Crippen LogP contribution in [0.5, 0.6) is 0 Å². The summed E-state index contributed by atoms with van der Waals surface area (Å²) in [5.74, 6) is -1.35. The summed E-state index contributed by atoms with van der Waals surface area (Å²) in [5.41, 5.74) is 3.00. The monoisotopic (exact) mass is 383 g/mol. The normalized spacial score (nSPS) is 18.9. The van der Waals surface area contributed by atoms with Gasteiger partial charge in [-0.05, 0) is 49.4 Å². The molecule has 0 aromatic heterocycles. The lowest BCUT2D eigenvalue weighted by molar-refractivity contribution is -0.138. The first-order chi connectivity index (χ1) is 13.4. The summed E-state index contributed by atoms with van der Waals surface area (Å²) in [5, 5.41) is 3.40. The molecule has 2 aromatic rings. The number of amides is 4. The first-order valence-electron chi connectivity index (χ1n) is 9.12. The van der Waals surface area contributed by atoms with Crippen LogP contribution in [0.3, 0.4) is 0 Å². The molecule has 0 spiro atoms. The van der Waals surface area contributed by atoms with Crippen molar-refractivity contribution in [1.82, 2.24) is 15.8 Å². The number of carbonyl (C=O) groups is 3. The van der Waals surface area contributed by atoms with E-state index in [0.717, 1.165) is 10.6 Å². The lowest BCUT2D eigenvalue weighted by Crippen LogP contribution is -2.49. The molecule has 0 saturated carbocycles. The highest BCUT2D eigenvalue weighted by atomic mass is 19.1. The molecule has 2 aromatic carbocycles. The number of urea groups is 1. The molecule has 3 rings (SSSR count). The predicted molar refractivity (Wildman–Crippen MR) is 101 cm³/mol. The Morgan fingerprint density at radius 2 is 1.79 bits per heavy atom. The van der Waals surface area contributed by atoms with Gasteiger partial charge in [-0.15, -0.1) is 0 Å². The third kappa shape index (κ3) is 4.54. The highest BCUT2D eigenvalue weighted by molar-refractivity contribution is 6.07. The van der Waals surface area contributed by atoms with Crippen molar-refractivity contribution in [1.29, 1.82) is 0 Å². The lowest BCUT2D eigenvalue weighted by atomic mass is 9.93. The Labute approximate surface area is 162 Å². The van der Waals surface area contributed by atoms with Crippen LogP contribution in [0.25, 0.3) is 0 Å².